The van der Waals surface area contributed by atoms with Crippen LogP contribution in [0.5, 0.6) is 0 Å². The van der Waals surface area contributed by atoms with Gasteiger partial charge in [-0.2, -0.15) is 0 Å². The third-order valence-electron chi connectivity index (χ3n) is 18.1. The lowest BCUT2D eigenvalue weighted by Gasteiger charge is -2.49. The van der Waals surface area contributed by atoms with Gasteiger partial charge in [0.05, 0.1) is 30.1 Å². The van der Waals surface area contributed by atoms with Crippen LogP contribution < -0.4 is 38.1 Å². The molecular weight excluding hydrogens is 737 g/mol. The van der Waals surface area contributed by atoms with Crippen LogP contribution in [0.2, 0.25) is 0 Å². The highest BCUT2D eigenvalue weighted by Crippen LogP contribution is 2.60. The third-order valence-corrected chi connectivity index (χ3v) is 18.1. The summed E-state index contributed by atoms with van der Waals surface area (Å²) in [5, 5.41) is 20.8. The maximum Gasteiger partial charge on any atom is 0.153 e. The molecule has 59 heavy (non-hydrogen) atoms. The Hall–Kier alpha value is -0.730. The van der Waals surface area contributed by atoms with Gasteiger partial charge in [-0.15, -0.1) is 0 Å². The normalized spacial score (nSPS) is 46.6. The second-order valence-corrected chi connectivity index (χ2v) is 21.5. The van der Waals surface area contributed by atoms with Crippen molar-refractivity contribution in [2.45, 2.75) is 203 Å². The van der Waals surface area contributed by atoms with Gasteiger partial charge in [-0.3, -0.25) is 9.69 Å². The van der Waals surface area contributed by atoms with Crippen LogP contribution in [0.3, 0.4) is 0 Å². The first-order valence-electron chi connectivity index (χ1n) is 25.3. The molecule has 3 saturated carbocycles. The van der Waals surface area contributed by atoms with Crippen LogP contribution >= 0.6 is 0 Å². The van der Waals surface area contributed by atoms with Gasteiger partial charge in [-0.25, -0.2) is 0 Å². The van der Waals surface area contributed by atoms with E-state index in [4.69, 9.17) is 20.9 Å². The first-order chi connectivity index (χ1) is 28.7. The fourth-order valence-electron chi connectivity index (χ4n) is 15.8. The topological polar surface area (TPSA) is 151 Å². The number of rotatable bonds is 16. The van der Waals surface area contributed by atoms with E-state index in [-0.39, 0.29) is 72.4 Å². The number of likely N-dealkylation sites (tertiary alicyclic amines) is 1. The van der Waals surface area contributed by atoms with Crippen molar-refractivity contribution in [1.29, 1.82) is 0 Å². The van der Waals surface area contributed by atoms with E-state index in [1.165, 1.54) is 70.6 Å². The molecule has 8 aliphatic rings. The van der Waals surface area contributed by atoms with E-state index < -0.39 is 10.8 Å². The predicted molar refractivity (Wildman–Crippen MR) is 238 cm³/mol. The van der Waals surface area contributed by atoms with Gasteiger partial charge >= 0.3 is 0 Å². The Morgan fingerprint density at radius 2 is 1.58 bits per heavy atom. The van der Waals surface area contributed by atoms with Crippen LogP contribution in [-0.2, 0) is 14.3 Å². The second kappa shape index (κ2) is 19.6. The molecule has 16 unspecified atom stereocenters. The molecule has 8 fully saturated rings. The van der Waals surface area contributed by atoms with Crippen molar-refractivity contribution in [2.24, 2.45) is 51.9 Å². The average Bonchev–Trinajstić information content (AvgIpc) is 3.81. The minimum absolute atomic E-state index is 0.00178. The van der Waals surface area contributed by atoms with E-state index in [9.17, 15) is 0 Å². The third kappa shape index (κ3) is 8.18. The van der Waals surface area contributed by atoms with Crippen LogP contribution in [-0.4, -0.2) is 130 Å². The maximum atomic E-state index is 17.3. The fraction of sp³-hybridized carbons (Fsp3) is 0.979. The number of carbonyl (C=O) groups is 1. The standard InChI is InChI=1S/C48H88N8O3/c1-6-14-38-43-47(7-2)45(56(38)5)31(4)39(26-34-24-32-17-18-33(23-32)25-34)59-28-30(3)52-42-37(29-58-22-13-21-51-20-12-19-49)54-41-36(27-50)53-44(48(41,42)46(47)57)40(55-43)35-15-10-8-9-11-16-35/h30-45,51-55H,6-29,49-50H2,1-5H3. The highest BCUT2D eigenvalue weighted by Gasteiger charge is 2.78. The van der Waals surface area contributed by atoms with Crippen LogP contribution in [0.1, 0.15) is 137 Å². The largest absolute Gasteiger partial charge is 0.380 e. The molecule has 11 nitrogen and oxygen atoms in total. The second-order valence-electron chi connectivity index (χ2n) is 21.5. The molecule has 0 aromatic carbocycles. The predicted octanol–water partition coefficient (Wildman–Crippen LogP) is 4.31. The van der Waals surface area contributed by atoms with E-state index in [0.717, 1.165) is 63.5 Å². The number of ketones is 1. The summed E-state index contributed by atoms with van der Waals surface area (Å²) in [6.45, 7) is 14.5. The van der Waals surface area contributed by atoms with Gasteiger partial charge < -0.3 is 47.5 Å². The van der Waals surface area contributed by atoms with Gasteiger partial charge in [-0.1, -0.05) is 65.7 Å². The van der Waals surface area contributed by atoms with E-state index in [0.29, 0.717) is 50.5 Å². The number of nitrogens with two attached hydrogens (primary N) is 2. The molecule has 0 aromatic heterocycles. The Morgan fingerprint density at radius 1 is 0.864 bits per heavy atom. The number of hydrogen-bond donors (Lipinski definition) is 7. The highest BCUT2D eigenvalue weighted by molar-refractivity contribution is 5.96. The molecule has 0 radical (unpaired) electrons. The monoisotopic (exact) mass is 825 g/mol. The molecule has 1 spiro atoms. The zero-order valence-corrected chi connectivity index (χ0v) is 38.0. The van der Waals surface area contributed by atoms with Gasteiger partial charge in [0, 0.05) is 73.6 Å². The zero-order valence-electron chi connectivity index (χ0n) is 38.0. The molecule has 3 aliphatic carbocycles. The molecule has 4 bridgehead atoms. The fourth-order valence-corrected chi connectivity index (χ4v) is 15.8. The van der Waals surface area contributed by atoms with Gasteiger partial charge in [0.2, 0.25) is 0 Å². The molecule has 9 N–H and O–H groups in total. The maximum absolute atomic E-state index is 17.3. The SMILES string of the molecule is CCCC1C2NC(C3CCCCCC3)C3NC(CN)C4NC(COCCCNCCCN)C5NC(C)COC(CC6CC7CCC(C7)C6)C(C)C(N1C)C2(CC)C(=O)C543. The lowest BCUT2D eigenvalue weighted by molar-refractivity contribution is -0.145. The summed E-state index contributed by atoms with van der Waals surface area (Å²) in [6.07, 6.45) is 20.9. The highest BCUT2D eigenvalue weighted by atomic mass is 16.5. The summed E-state index contributed by atoms with van der Waals surface area (Å²) < 4.78 is 14.0. The smallest absolute Gasteiger partial charge is 0.153 e. The molecule has 0 aromatic rings. The van der Waals surface area contributed by atoms with Crippen molar-refractivity contribution in [3.8, 4) is 0 Å². The first-order valence-corrected chi connectivity index (χ1v) is 25.3. The molecule has 16 atom stereocenters. The molecule has 5 saturated heterocycles. The Bertz CT molecular complexity index is 1360. The molecule has 5 aliphatic heterocycles. The Morgan fingerprint density at radius 3 is 2.27 bits per heavy atom. The number of likely N-dealkylation sites (N-methyl/N-ethyl adjacent to an activating group) is 1. The summed E-state index contributed by atoms with van der Waals surface area (Å²) in [4.78, 5) is 20.0. The lowest BCUT2D eigenvalue weighted by Crippen LogP contribution is -2.67. The molecule has 338 valence electrons. The molecule has 0 amide bonds. The molecule has 11 heteroatoms. The summed E-state index contributed by atoms with van der Waals surface area (Å²) in [5.74, 6) is 3.75. The first kappa shape index (κ1) is 44.9. The number of carbonyl (C=O) groups excluding carboxylic acids is 1. The lowest BCUT2D eigenvalue weighted by atomic mass is 9.55. The summed E-state index contributed by atoms with van der Waals surface area (Å²) in [6, 6.07) is 0.454. The Balaban J connectivity index is 1.22. The minimum Gasteiger partial charge on any atom is -0.380 e. The van der Waals surface area contributed by atoms with Crippen molar-refractivity contribution in [1.82, 2.24) is 31.5 Å². The van der Waals surface area contributed by atoms with Crippen molar-refractivity contribution in [3.05, 3.63) is 0 Å². The summed E-state index contributed by atoms with van der Waals surface area (Å²) in [5.41, 5.74) is 11.3. The van der Waals surface area contributed by atoms with Crippen molar-refractivity contribution >= 4 is 5.78 Å². The number of nitrogens with zero attached hydrogens (tertiary/aromatic N) is 1. The summed E-state index contributed by atoms with van der Waals surface area (Å²) >= 11 is 0. The number of Topliss-reactive ketones (excluding diaryl/α,β-unsaturated/α-hetero) is 1. The van der Waals surface area contributed by atoms with Crippen LogP contribution in [0, 0.1) is 40.4 Å². The van der Waals surface area contributed by atoms with E-state index in [2.05, 4.69) is 66.2 Å². The molecular formula is C48H88N8O3. The summed E-state index contributed by atoms with van der Waals surface area (Å²) in [7, 11) is 2.40. The minimum atomic E-state index is -0.701. The number of hydrogen-bond acceptors (Lipinski definition) is 11. The zero-order chi connectivity index (χ0) is 41.3. The van der Waals surface area contributed by atoms with Crippen molar-refractivity contribution in [2.75, 3.05) is 53.0 Å². The van der Waals surface area contributed by atoms with Crippen molar-refractivity contribution < 1.29 is 14.3 Å². The van der Waals surface area contributed by atoms with E-state index >= 15 is 4.79 Å². The average molecular weight is 825 g/mol. The number of nitrogens with one attached hydrogen (secondary N) is 5. The molecule has 8 rings (SSSR count). The van der Waals surface area contributed by atoms with Crippen molar-refractivity contribution in [3.63, 3.8) is 0 Å². The number of ether oxygens (including phenoxy) is 2. The quantitative estimate of drug-likeness (QED) is 0.0882. The number of fused-ring (bicyclic) bond motifs is 2. The van der Waals surface area contributed by atoms with Gasteiger partial charge in [0.15, 0.2) is 5.78 Å². The van der Waals surface area contributed by atoms with Crippen LogP contribution in [0.4, 0.5) is 0 Å². The Labute approximate surface area is 358 Å². The van der Waals surface area contributed by atoms with E-state index in [1.807, 2.05) is 0 Å². The van der Waals surface area contributed by atoms with Crippen LogP contribution in [0.15, 0.2) is 0 Å². The van der Waals surface area contributed by atoms with E-state index in [1.54, 1.807) is 0 Å². The van der Waals surface area contributed by atoms with Gasteiger partial charge in [-0.05, 0) is 127 Å². The van der Waals surface area contributed by atoms with Gasteiger partial charge in [0.25, 0.3) is 0 Å². The Kier molecular flexibility index (Phi) is 14.9. The molecule has 5 heterocycles. The van der Waals surface area contributed by atoms with Crippen LogP contribution in [0.25, 0.3) is 0 Å². The van der Waals surface area contributed by atoms with Gasteiger partial charge in [0.1, 0.15) is 0 Å².